The van der Waals surface area contributed by atoms with Crippen molar-refractivity contribution in [3.63, 3.8) is 0 Å². The van der Waals surface area contributed by atoms with Gasteiger partial charge in [-0.3, -0.25) is 4.90 Å². The molecular weight excluding hydrogens is 370 g/mol. The molecule has 5 heteroatoms. The van der Waals surface area contributed by atoms with Crippen LogP contribution in [0.15, 0.2) is 54.6 Å². The Bertz CT molecular complexity index is 622. The SMILES string of the molecule is CCC.C[Si](C)(N)C1CC(N2CCCC2)C2C=CC=CC21.[CH2-]c1ccccc1.[Li+].[Li+]. The Labute approximate surface area is 211 Å². The summed E-state index contributed by atoms with van der Waals surface area (Å²) in [7, 11) is -1.54. The number of hydrogen-bond donors (Lipinski definition) is 1. The van der Waals surface area contributed by atoms with Crippen molar-refractivity contribution in [3.05, 3.63) is 67.1 Å². The van der Waals surface area contributed by atoms with E-state index >= 15 is 0 Å². The predicted octanol–water partition coefficient (Wildman–Crippen LogP) is 0.0400. The van der Waals surface area contributed by atoms with Crippen molar-refractivity contribution in [1.29, 1.82) is 0 Å². The summed E-state index contributed by atoms with van der Waals surface area (Å²) in [5.41, 5.74) is 1.83. The molecule has 1 heterocycles. The first-order valence-electron chi connectivity index (χ1n) is 11.1. The molecule has 30 heavy (non-hydrogen) atoms. The van der Waals surface area contributed by atoms with Crippen molar-refractivity contribution in [2.24, 2.45) is 17.2 Å². The van der Waals surface area contributed by atoms with Gasteiger partial charge in [-0.05, 0) is 49.7 Å². The van der Waals surface area contributed by atoms with Crippen molar-refractivity contribution < 1.29 is 37.7 Å². The van der Waals surface area contributed by atoms with Gasteiger partial charge in [0.2, 0.25) is 0 Å². The summed E-state index contributed by atoms with van der Waals surface area (Å²) in [5.74, 6) is 1.45. The molecule has 4 rings (SSSR count). The van der Waals surface area contributed by atoms with Gasteiger partial charge in [-0.15, -0.1) is 12.1 Å². The Morgan fingerprint density at radius 1 is 0.967 bits per heavy atom. The first kappa shape index (κ1) is 29.9. The van der Waals surface area contributed by atoms with Crippen molar-refractivity contribution >= 4 is 8.24 Å². The minimum atomic E-state index is -1.54. The minimum absolute atomic E-state index is 0. The van der Waals surface area contributed by atoms with Crippen LogP contribution in [0, 0.1) is 18.8 Å². The molecule has 1 aromatic rings. The number of allylic oxidation sites excluding steroid dienone is 3. The van der Waals surface area contributed by atoms with Gasteiger partial charge in [0, 0.05) is 6.04 Å². The number of likely N-dealkylation sites (tertiary alicyclic amines) is 1. The molecule has 3 aliphatic rings. The van der Waals surface area contributed by atoms with Crippen LogP contribution in [0.5, 0.6) is 0 Å². The number of hydrogen-bond acceptors (Lipinski definition) is 2. The maximum atomic E-state index is 6.57. The Morgan fingerprint density at radius 2 is 1.47 bits per heavy atom. The Balaban J connectivity index is 0.000000593. The molecule has 2 nitrogen and oxygen atoms in total. The van der Waals surface area contributed by atoms with Crippen molar-refractivity contribution in [2.75, 3.05) is 13.1 Å². The molecular formula is C25H41Li2N2Si+. The first-order chi connectivity index (χ1) is 13.4. The molecule has 2 N–H and O–H groups in total. The zero-order valence-electron chi connectivity index (χ0n) is 20.5. The molecule has 1 saturated heterocycles. The van der Waals surface area contributed by atoms with E-state index in [0.29, 0.717) is 5.92 Å². The third-order valence-electron chi connectivity index (χ3n) is 6.03. The monoisotopic (exact) mass is 411 g/mol. The topological polar surface area (TPSA) is 29.3 Å². The summed E-state index contributed by atoms with van der Waals surface area (Å²) >= 11 is 0. The maximum Gasteiger partial charge on any atom is 1.00 e. The van der Waals surface area contributed by atoms with Crippen LogP contribution in [0.1, 0.15) is 45.1 Å². The number of benzene rings is 1. The van der Waals surface area contributed by atoms with E-state index in [-0.39, 0.29) is 37.7 Å². The van der Waals surface area contributed by atoms with Gasteiger partial charge in [0.25, 0.3) is 0 Å². The van der Waals surface area contributed by atoms with E-state index < -0.39 is 8.24 Å². The number of rotatable bonds is 2. The zero-order chi connectivity index (χ0) is 20.6. The first-order valence-corrected chi connectivity index (χ1v) is 14.3. The predicted molar refractivity (Wildman–Crippen MR) is 127 cm³/mol. The smallest absolute Gasteiger partial charge is 0.351 e. The fourth-order valence-corrected chi connectivity index (χ4v) is 6.92. The molecule has 1 aliphatic heterocycles. The molecule has 2 aliphatic carbocycles. The van der Waals surface area contributed by atoms with Crippen molar-refractivity contribution in [3.8, 4) is 0 Å². The van der Waals surface area contributed by atoms with Crippen LogP contribution in [0.2, 0.25) is 18.6 Å². The van der Waals surface area contributed by atoms with E-state index in [2.05, 4.69) is 63.1 Å². The number of nitrogens with two attached hydrogens (primary N) is 1. The van der Waals surface area contributed by atoms with Crippen LogP contribution in [0.25, 0.3) is 0 Å². The Kier molecular flexibility index (Phi) is 14.8. The molecule has 4 atom stereocenters. The van der Waals surface area contributed by atoms with Gasteiger partial charge in [0.1, 0.15) is 8.24 Å². The molecule has 4 unspecified atom stereocenters. The quantitative estimate of drug-likeness (QED) is 0.550. The van der Waals surface area contributed by atoms with Crippen LogP contribution in [-0.2, 0) is 0 Å². The molecule has 0 bridgehead atoms. The summed E-state index contributed by atoms with van der Waals surface area (Å²) in [6, 6.07) is 10.6. The average Bonchev–Trinajstić information content (AvgIpc) is 3.31. The van der Waals surface area contributed by atoms with E-state index in [0.717, 1.165) is 23.1 Å². The van der Waals surface area contributed by atoms with Gasteiger partial charge >= 0.3 is 37.7 Å². The van der Waals surface area contributed by atoms with Gasteiger partial charge < -0.3 is 5.40 Å². The number of nitrogens with zero attached hydrogens (tertiary/aromatic N) is 1. The maximum absolute atomic E-state index is 6.57. The largest absolute Gasteiger partial charge is 1.00 e. The van der Waals surface area contributed by atoms with Gasteiger partial charge in [0.05, 0.1) is 0 Å². The van der Waals surface area contributed by atoms with Crippen molar-refractivity contribution in [1.82, 2.24) is 4.90 Å². The molecule has 0 spiro atoms. The summed E-state index contributed by atoms with van der Waals surface area (Å²) < 4.78 is 0. The third kappa shape index (κ3) is 8.80. The Morgan fingerprint density at radius 3 is 1.90 bits per heavy atom. The van der Waals surface area contributed by atoms with Crippen molar-refractivity contribution in [2.45, 2.75) is 64.2 Å². The number of fused-ring (bicyclic) bond motifs is 1. The van der Waals surface area contributed by atoms with Gasteiger partial charge in [-0.25, -0.2) is 0 Å². The normalized spacial score (nSPS) is 26.8. The van der Waals surface area contributed by atoms with Gasteiger partial charge in [-0.1, -0.05) is 63.7 Å². The standard InChI is InChI=1S/C15H26N2Si.C7H7.C3H8.2Li/c1-18(2,16)15-11-14(17-9-5-6-10-17)12-7-3-4-8-13(12)15;1-7-5-3-2-4-6-7;1-3-2;;/h3-4,7-8,12-15H,5-6,9-11,16H2,1-2H3;2-6H,1H2;3H2,1-2H3;;/q;-1;;2*+1. The molecule has 2 fully saturated rings. The minimum Gasteiger partial charge on any atom is -0.351 e. The Hall–Kier alpha value is -0.0983. The van der Waals surface area contributed by atoms with E-state index in [1.54, 1.807) is 0 Å². The fourth-order valence-electron chi connectivity index (χ4n) is 4.75. The molecule has 0 amide bonds. The zero-order valence-corrected chi connectivity index (χ0v) is 21.5. The van der Waals surface area contributed by atoms with E-state index in [1.165, 1.54) is 38.8 Å². The third-order valence-corrected chi connectivity index (χ3v) is 8.57. The second kappa shape index (κ2) is 14.9. The fraction of sp³-hybridized carbons (Fsp3) is 0.560. The van der Waals surface area contributed by atoms with Gasteiger partial charge in [-0.2, -0.15) is 24.6 Å². The van der Waals surface area contributed by atoms with Crippen LogP contribution >= 0.6 is 0 Å². The van der Waals surface area contributed by atoms with E-state index in [4.69, 9.17) is 5.40 Å². The summed E-state index contributed by atoms with van der Waals surface area (Å²) in [5, 5.41) is 6.57. The second-order valence-electron chi connectivity index (χ2n) is 9.09. The van der Waals surface area contributed by atoms with Crippen LogP contribution in [0.4, 0.5) is 0 Å². The summed E-state index contributed by atoms with van der Waals surface area (Å²) in [4.78, 5) is 2.74. The molecule has 156 valence electrons. The van der Waals surface area contributed by atoms with Crippen LogP contribution in [0.3, 0.4) is 0 Å². The summed E-state index contributed by atoms with van der Waals surface area (Å²) in [6.45, 7) is 15.3. The van der Waals surface area contributed by atoms with Gasteiger partial charge in [0.15, 0.2) is 0 Å². The van der Waals surface area contributed by atoms with E-state index in [1.807, 2.05) is 30.3 Å². The van der Waals surface area contributed by atoms with E-state index in [9.17, 15) is 0 Å². The average molecular weight is 412 g/mol. The van der Waals surface area contributed by atoms with Crippen LogP contribution in [-0.4, -0.2) is 32.3 Å². The van der Waals surface area contributed by atoms with Crippen LogP contribution < -0.4 is 43.1 Å². The molecule has 0 aromatic heterocycles. The second-order valence-corrected chi connectivity index (χ2v) is 13.5. The summed E-state index contributed by atoms with van der Waals surface area (Å²) in [6.07, 6.45) is 14.7. The molecule has 1 aromatic carbocycles. The molecule has 0 radical (unpaired) electrons. The molecule has 1 saturated carbocycles.